The number of anilines is 1. The number of unbranched alkanes of at least 4 members (excludes halogenated alkanes) is 2. The zero-order valence-electron chi connectivity index (χ0n) is 30.1. The Labute approximate surface area is 298 Å². The highest BCUT2D eigenvalue weighted by molar-refractivity contribution is 5.87. The quantitative estimate of drug-likeness (QED) is 0.116. The van der Waals surface area contributed by atoms with Crippen LogP contribution in [0.25, 0.3) is 22.0 Å². The number of aromatic amines is 1. The molecule has 4 aromatic rings. The van der Waals surface area contributed by atoms with Gasteiger partial charge >= 0.3 is 0 Å². The monoisotopic (exact) mass is 696 g/mol. The number of ether oxygens (including phenoxy) is 4. The van der Waals surface area contributed by atoms with Gasteiger partial charge in [-0.1, -0.05) is 12.5 Å². The number of hydrogen-bond donors (Lipinski definition) is 4. The summed E-state index contributed by atoms with van der Waals surface area (Å²) in [6, 6.07) is 12.9. The van der Waals surface area contributed by atoms with E-state index < -0.39 is 0 Å². The number of carbonyl (C=O) groups excluding carboxylic acids is 2. The van der Waals surface area contributed by atoms with Crippen molar-refractivity contribution in [2.24, 2.45) is 0 Å². The topological polar surface area (TPSA) is 140 Å². The second-order valence-corrected chi connectivity index (χ2v) is 13.3. The van der Waals surface area contributed by atoms with Crippen molar-refractivity contribution >= 4 is 28.4 Å². The molecule has 1 aromatic heterocycles. The fraction of sp³-hybridized carbons (Fsp3) is 0.425. The summed E-state index contributed by atoms with van der Waals surface area (Å²) in [6.45, 7) is 2.06. The van der Waals surface area contributed by atoms with Gasteiger partial charge in [-0.15, -0.1) is 0 Å². The van der Waals surface area contributed by atoms with Gasteiger partial charge in [0.15, 0.2) is 11.5 Å². The Morgan fingerprint density at radius 1 is 0.843 bits per heavy atom. The van der Waals surface area contributed by atoms with E-state index in [-0.39, 0.29) is 29.3 Å². The van der Waals surface area contributed by atoms with E-state index in [1.165, 1.54) is 12.5 Å². The molecule has 0 unspecified atom stereocenters. The Bertz CT molecular complexity index is 1990. The molecule has 6 rings (SSSR count). The van der Waals surface area contributed by atoms with Crippen LogP contribution >= 0.6 is 0 Å². The molecule has 2 aliphatic rings. The van der Waals surface area contributed by atoms with Crippen LogP contribution in [0.1, 0.15) is 86.3 Å². The van der Waals surface area contributed by atoms with Gasteiger partial charge in [0, 0.05) is 42.0 Å². The lowest BCUT2D eigenvalue weighted by atomic mass is 9.91. The molecule has 11 nitrogen and oxygen atoms in total. The lowest BCUT2D eigenvalue weighted by Gasteiger charge is -2.24. The summed E-state index contributed by atoms with van der Waals surface area (Å²) in [5, 5.41) is 10.8. The minimum atomic E-state index is -0.370. The first kappa shape index (κ1) is 35.6. The lowest BCUT2D eigenvalue weighted by Crippen LogP contribution is -2.30. The van der Waals surface area contributed by atoms with Crippen LogP contribution in [0.5, 0.6) is 23.0 Å². The molecular formula is C40H48N4O7. The van der Waals surface area contributed by atoms with Crippen LogP contribution in [0.15, 0.2) is 47.3 Å². The molecule has 51 heavy (non-hydrogen) atoms. The van der Waals surface area contributed by atoms with Gasteiger partial charge < -0.3 is 39.9 Å². The number of hydrogen-bond acceptors (Lipinski definition) is 8. The highest BCUT2D eigenvalue weighted by Gasteiger charge is 2.30. The van der Waals surface area contributed by atoms with Gasteiger partial charge in [-0.3, -0.25) is 14.4 Å². The number of aryl methyl sites for hydroxylation is 2. The molecule has 0 radical (unpaired) electrons. The average molecular weight is 697 g/mol. The molecule has 270 valence electrons. The number of rotatable bonds is 13. The first-order chi connectivity index (χ1) is 24.8. The number of aromatic nitrogens is 1. The van der Waals surface area contributed by atoms with Crippen molar-refractivity contribution in [2.75, 3.05) is 40.3 Å². The molecule has 3 aromatic carbocycles. The van der Waals surface area contributed by atoms with Gasteiger partial charge in [0.1, 0.15) is 5.75 Å². The first-order valence-electron chi connectivity index (χ1n) is 17.8. The predicted molar refractivity (Wildman–Crippen MR) is 198 cm³/mol. The predicted octanol–water partition coefficient (Wildman–Crippen LogP) is 6.52. The summed E-state index contributed by atoms with van der Waals surface area (Å²) in [5.41, 5.74) is 7.02. The maximum Gasteiger partial charge on any atom is 0.220 e. The molecule has 0 saturated heterocycles. The molecule has 2 amide bonds. The van der Waals surface area contributed by atoms with E-state index in [1.54, 1.807) is 40.6 Å². The van der Waals surface area contributed by atoms with E-state index >= 15 is 0 Å². The van der Waals surface area contributed by atoms with Crippen LogP contribution < -0.4 is 40.3 Å². The summed E-state index contributed by atoms with van der Waals surface area (Å²) in [6.07, 6.45) is 6.96. The third kappa shape index (κ3) is 7.48. The van der Waals surface area contributed by atoms with E-state index in [9.17, 15) is 14.4 Å². The van der Waals surface area contributed by atoms with E-state index in [2.05, 4.69) is 27.0 Å². The Hall–Kier alpha value is -5.19. The standard InChI is InChI=1S/C40H48N4O7/c1-23(45)42-30-16-13-24-20-35(49-3)39(50-4)40(51-5)37(24)26-15-18-32(34(46)22-29(26)30)41-19-8-6-7-12-36(47)43-33-11-9-10-27-28-21-25(48-2)14-17-31(28)44-38(27)33/h14-15,17-18,20-22,30,33,44H,6-13,16,19H2,1-5H3,(H,41,46)(H,42,45)(H,43,47)/t30-,33+/m0/s1. The molecule has 4 N–H and O–H groups in total. The summed E-state index contributed by atoms with van der Waals surface area (Å²) < 4.78 is 22.6. The minimum absolute atomic E-state index is 0.0222. The molecule has 1 heterocycles. The number of methoxy groups -OCH3 is 4. The summed E-state index contributed by atoms with van der Waals surface area (Å²) in [7, 11) is 6.40. The van der Waals surface area contributed by atoms with Gasteiger partial charge in [0.2, 0.25) is 23.0 Å². The zero-order chi connectivity index (χ0) is 36.1. The minimum Gasteiger partial charge on any atom is -0.497 e. The Morgan fingerprint density at radius 3 is 2.41 bits per heavy atom. The largest absolute Gasteiger partial charge is 0.497 e. The zero-order valence-corrected chi connectivity index (χ0v) is 30.1. The second-order valence-electron chi connectivity index (χ2n) is 13.3. The van der Waals surface area contributed by atoms with Crippen molar-refractivity contribution in [3.63, 3.8) is 0 Å². The molecule has 11 heteroatoms. The van der Waals surface area contributed by atoms with Gasteiger partial charge in [0.25, 0.3) is 0 Å². The summed E-state index contributed by atoms with van der Waals surface area (Å²) in [5.74, 6) is 2.24. The molecule has 2 aliphatic carbocycles. The van der Waals surface area contributed by atoms with Gasteiger partial charge in [0.05, 0.1) is 46.2 Å². The van der Waals surface area contributed by atoms with Crippen molar-refractivity contribution in [2.45, 2.75) is 76.8 Å². The highest BCUT2D eigenvalue weighted by Crippen LogP contribution is 2.50. The Balaban J connectivity index is 1.10. The van der Waals surface area contributed by atoms with E-state index in [4.69, 9.17) is 18.9 Å². The maximum absolute atomic E-state index is 13.6. The maximum atomic E-state index is 13.6. The third-order valence-electron chi connectivity index (χ3n) is 10.1. The number of carbonyl (C=O) groups is 2. The van der Waals surface area contributed by atoms with Crippen molar-refractivity contribution in [1.29, 1.82) is 0 Å². The molecule has 0 fully saturated rings. The van der Waals surface area contributed by atoms with E-state index in [0.717, 1.165) is 83.1 Å². The highest BCUT2D eigenvalue weighted by atomic mass is 16.5. The number of nitrogens with one attached hydrogen (secondary N) is 4. The third-order valence-corrected chi connectivity index (χ3v) is 10.1. The number of fused-ring (bicyclic) bond motifs is 6. The molecule has 0 bridgehead atoms. The van der Waals surface area contributed by atoms with E-state index in [0.29, 0.717) is 48.7 Å². The number of benzene rings is 2. The van der Waals surface area contributed by atoms with Crippen molar-refractivity contribution in [3.05, 3.63) is 75.1 Å². The summed E-state index contributed by atoms with van der Waals surface area (Å²) in [4.78, 5) is 42.3. The fourth-order valence-corrected chi connectivity index (χ4v) is 7.64. The van der Waals surface area contributed by atoms with Crippen molar-refractivity contribution in [1.82, 2.24) is 15.6 Å². The van der Waals surface area contributed by atoms with Crippen LogP contribution in [-0.4, -0.2) is 51.8 Å². The molecular weight excluding hydrogens is 648 g/mol. The Morgan fingerprint density at radius 2 is 1.67 bits per heavy atom. The van der Waals surface area contributed by atoms with E-state index in [1.807, 2.05) is 24.3 Å². The van der Waals surface area contributed by atoms with Crippen molar-refractivity contribution in [3.8, 4) is 34.1 Å². The number of amides is 2. The molecule has 0 saturated carbocycles. The van der Waals surface area contributed by atoms with Gasteiger partial charge in [-0.25, -0.2) is 0 Å². The smallest absolute Gasteiger partial charge is 0.220 e. The Kier molecular flexibility index (Phi) is 11.0. The molecule has 2 atom stereocenters. The second kappa shape index (κ2) is 15.8. The van der Waals surface area contributed by atoms with Crippen LogP contribution in [0.2, 0.25) is 0 Å². The average Bonchev–Trinajstić information content (AvgIpc) is 3.35. The molecule has 0 spiro atoms. The normalized spacial score (nSPS) is 16.2. The first-order valence-corrected chi connectivity index (χ1v) is 17.8. The fourth-order valence-electron chi connectivity index (χ4n) is 7.64. The van der Waals surface area contributed by atoms with Gasteiger partial charge in [-0.2, -0.15) is 0 Å². The van der Waals surface area contributed by atoms with Crippen LogP contribution in [-0.2, 0) is 22.4 Å². The van der Waals surface area contributed by atoms with Crippen LogP contribution in [0, 0.1) is 0 Å². The lowest BCUT2D eigenvalue weighted by molar-refractivity contribution is -0.122. The molecule has 0 aliphatic heterocycles. The van der Waals surface area contributed by atoms with Crippen LogP contribution in [0.3, 0.4) is 0 Å². The SMILES string of the molecule is COc1ccc2[nH]c3c(c2c1)CCC[C@H]3NC(=O)CCCCCNc1ccc2c(cc1=O)[C@@H](NC(C)=O)CCc1cc(OC)c(OC)c(OC)c1-2. The number of H-pyrrole nitrogens is 1. The summed E-state index contributed by atoms with van der Waals surface area (Å²) >= 11 is 0. The van der Waals surface area contributed by atoms with Crippen LogP contribution in [0.4, 0.5) is 5.69 Å². The van der Waals surface area contributed by atoms with Gasteiger partial charge in [-0.05, 0) is 104 Å². The van der Waals surface area contributed by atoms with Crippen molar-refractivity contribution < 1.29 is 28.5 Å².